The number of hydrogen-bond acceptors (Lipinski definition) is 5. The van der Waals surface area contributed by atoms with Gasteiger partial charge in [-0.1, -0.05) is 5.98 Å². The fourth-order valence-electron chi connectivity index (χ4n) is 1.90. The van der Waals surface area contributed by atoms with Gasteiger partial charge in [-0.15, -0.1) is 0 Å². The summed E-state index contributed by atoms with van der Waals surface area (Å²) < 4.78 is 11.6. The van der Waals surface area contributed by atoms with E-state index in [9.17, 15) is 4.79 Å². The summed E-state index contributed by atoms with van der Waals surface area (Å²) in [6, 6.07) is 1.42. The van der Waals surface area contributed by atoms with Gasteiger partial charge in [-0.2, -0.15) is 0 Å². The number of carboxylic acid groups (broad SMARTS) is 1. The lowest BCUT2D eigenvalue weighted by molar-refractivity contribution is 0.00578. The molecule has 2 rings (SSSR count). The molecule has 3 N–H and O–H groups in total. The standard InChI is InChI=1S/C14H19BN2O4/c1-13(2)14(3,4)21-15(20-13)6-5-9-7-10(12(18)19)11(16)8-17-9/h5-8H,16H2,1-4H3,(H,18,19)/b6-5+. The molecule has 21 heavy (non-hydrogen) atoms. The van der Waals surface area contributed by atoms with Crippen LogP contribution in [0.2, 0.25) is 0 Å². The van der Waals surface area contributed by atoms with E-state index in [0.29, 0.717) is 5.69 Å². The number of carbonyl (C=O) groups is 1. The van der Waals surface area contributed by atoms with Crippen molar-refractivity contribution in [3.63, 3.8) is 0 Å². The molecule has 112 valence electrons. The van der Waals surface area contributed by atoms with Crippen LogP contribution in [0, 0.1) is 0 Å². The Kier molecular flexibility index (Phi) is 3.82. The van der Waals surface area contributed by atoms with Gasteiger partial charge >= 0.3 is 13.1 Å². The molecular weight excluding hydrogens is 271 g/mol. The molecule has 0 amide bonds. The molecule has 0 spiro atoms. The van der Waals surface area contributed by atoms with Crippen molar-refractivity contribution in [2.45, 2.75) is 38.9 Å². The monoisotopic (exact) mass is 290 g/mol. The number of aromatic nitrogens is 1. The van der Waals surface area contributed by atoms with Gasteiger partial charge in [0, 0.05) is 0 Å². The van der Waals surface area contributed by atoms with Gasteiger partial charge < -0.3 is 20.1 Å². The molecule has 7 heteroatoms. The van der Waals surface area contributed by atoms with Crippen molar-refractivity contribution in [1.29, 1.82) is 0 Å². The van der Waals surface area contributed by atoms with Gasteiger partial charge in [-0.05, 0) is 39.8 Å². The number of carboxylic acids is 1. The summed E-state index contributed by atoms with van der Waals surface area (Å²) in [7, 11) is -0.498. The number of nitrogens with two attached hydrogens (primary N) is 1. The third-order valence-electron chi connectivity index (χ3n) is 3.88. The number of anilines is 1. The zero-order chi connectivity index (χ0) is 15.8. The number of pyridine rings is 1. The number of nitrogens with zero attached hydrogens (tertiary/aromatic N) is 1. The minimum Gasteiger partial charge on any atom is -0.478 e. The van der Waals surface area contributed by atoms with Gasteiger partial charge in [-0.25, -0.2) is 4.79 Å². The lowest BCUT2D eigenvalue weighted by atomic mass is 9.89. The van der Waals surface area contributed by atoms with E-state index >= 15 is 0 Å². The first-order valence-corrected chi connectivity index (χ1v) is 6.65. The molecule has 1 saturated heterocycles. The molecule has 1 aliphatic rings. The number of hydrogen-bond donors (Lipinski definition) is 2. The van der Waals surface area contributed by atoms with Gasteiger partial charge in [0.2, 0.25) is 0 Å². The average Bonchev–Trinajstić information content (AvgIpc) is 2.56. The Balaban J connectivity index is 2.16. The predicted molar refractivity (Wildman–Crippen MR) is 80.7 cm³/mol. The van der Waals surface area contributed by atoms with Crippen LogP contribution in [0.4, 0.5) is 5.69 Å². The lowest BCUT2D eigenvalue weighted by Crippen LogP contribution is -2.41. The molecular formula is C14H19BN2O4. The van der Waals surface area contributed by atoms with Gasteiger partial charge in [0.15, 0.2) is 0 Å². The first-order valence-electron chi connectivity index (χ1n) is 6.65. The van der Waals surface area contributed by atoms with E-state index in [1.54, 1.807) is 12.1 Å². The summed E-state index contributed by atoms with van der Waals surface area (Å²) in [6.45, 7) is 7.85. The summed E-state index contributed by atoms with van der Waals surface area (Å²) in [5.74, 6) is 0.626. The maximum Gasteiger partial charge on any atom is 0.487 e. The Morgan fingerprint density at radius 1 is 1.33 bits per heavy atom. The quantitative estimate of drug-likeness (QED) is 0.827. The van der Waals surface area contributed by atoms with Gasteiger partial charge in [0.1, 0.15) is 0 Å². The van der Waals surface area contributed by atoms with E-state index in [1.165, 1.54) is 12.3 Å². The van der Waals surface area contributed by atoms with E-state index in [0.717, 1.165) is 0 Å². The Morgan fingerprint density at radius 3 is 2.43 bits per heavy atom. The van der Waals surface area contributed by atoms with Crippen LogP contribution in [0.1, 0.15) is 43.7 Å². The summed E-state index contributed by atoms with van der Waals surface area (Å²) in [4.78, 5) is 15.1. The topological polar surface area (TPSA) is 94.7 Å². The summed E-state index contributed by atoms with van der Waals surface area (Å²) in [6.07, 6.45) is 2.99. The van der Waals surface area contributed by atoms with E-state index < -0.39 is 24.3 Å². The first-order chi connectivity index (χ1) is 9.62. The normalized spacial score (nSPS) is 20.1. The second kappa shape index (κ2) is 5.16. The van der Waals surface area contributed by atoms with Crippen LogP contribution >= 0.6 is 0 Å². The Hall–Kier alpha value is -1.86. The Morgan fingerprint density at radius 2 is 1.90 bits per heavy atom. The van der Waals surface area contributed by atoms with Gasteiger partial charge in [-0.3, -0.25) is 4.98 Å². The SMILES string of the molecule is CC1(C)OB(/C=C/c2cc(C(=O)O)c(N)cn2)OC1(C)C. The van der Waals surface area contributed by atoms with Crippen molar-refractivity contribution in [3.05, 3.63) is 29.5 Å². The number of rotatable bonds is 3. The molecule has 0 aliphatic carbocycles. The molecule has 1 aromatic heterocycles. The minimum absolute atomic E-state index is 0.0265. The van der Waals surface area contributed by atoms with Crippen molar-refractivity contribution in [2.75, 3.05) is 5.73 Å². The van der Waals surface area contributed by atoms with Crippen LogP contribution in [0.15, 0.2) is 18.2 Å². The van der Waals surface area contributed by atoms with E-state index in [1.807, 2.05) is 27.7 Å². The van der Waals surface area contributed by atoms with Crippen LogP contribution in [0.25, 0.3) is 6.08 Å². The fourth-order valence-corrected chi connectivity index (χ4v) is 1.90. The van der Waals surface area contributed by atoms with Crippen LogP contribution in [-0.2, 0) is 9.31 Å². The Bertz CT molecular complexity index is 583. The van der Waals surface area contributed by atoms with Crippen LogP contribution < -0.4 is 5.73 Å². The highest BCUT2D eigenvalue weighted by atomic mass is 16.7. The molecule has 1 aromatic rings. The molecule has 0 radical (unpaired) electrons. The highest BCUT2D eigenvalue weighted by Crippen LogP contribution is 2.37. The van der Waals surface area contributed by atoms with Crippen LogP contribution in [-0.4, -0.2) is 34.4 Å². The van der Waals surface area contributed by atoms with Crippen molar-refractivity contribution in [3.8, 4) is 0 Å². The highest BCUT2D eigenvalue weighted by Gasteiger charge is 2.49. The summed E-state index contributed by atoms with van der Waals surface area (Å²) in [5, 5.41) is 9.03. The van der Waals surface area contributed by atoms with E-state index in [2.05, 4.69) is 4.98 Å². The molecule has 2 heterocycles. The van der Waals surface area contributed by atoms with E-state index in [-0.39, 0.29) is 11.3 Å². The van der Waals surface area contributed by atoms with E-state index in [4.69, 9.17) is 20.1 Å². The zero-order valence-corrected chi connectivity index (χ0v) is 12.6. The second-order valence-electron chi connectivity index (χ2n) is 5.99. The van der Waals surface area contributed by atoms with Crippen molar-refractivity contribution >= 4 is 24.9 Å². The molecule has 0 atom stereocenters. The molecule has 0 bridgehead atoms. The van der Waals surface area contributed by atoms with Crippen molar-refractivity contribution < 1.29 is 19.2 Å². The largest absolute Gasteiger partial charge is 0.487 e. The fraction of sp³-hybridized carbons (Fsp3) is 0.429. The first kappa shape index (κ1) is 15.5. The maximum atomic E-state index is 11.0. The van der Waals surface area contributed by atoms with Gasteiger partial charge in [0.25, 0.3) is 0 Å². The highest BCUT2D eigenvalue weighted by molar-refractivity contribution is 6.52. The number of aromatic carboxylic acids is 1. The van der Waals surface area contributed by atoms with Crippen molar-refractivity contribution in [2.24, 2.45) is 0 Å². The molecule has 1 fully saturated rings. The minimum atomic E-state index is -1.08. The zero-order valence-electron chi connectivity index (χ0n) is 12.6. The molecule has 1 aliphatic heterocycles. The average molecular weight is 290 g/mol. The molecule has 0 aromatic carbocycles. The summed E-state index contributed by atoms with van der Waals surface area (Å²) in [5.41, 5.74) is 5.38. The third-order valence-corrected chi connectivity index (χ3v) is 3.88. The number of nitrogen functional groups attached to an aromatic ring is 1. The van der Waals surface area contributed by atoms with Crippen molar-refractivity contribution in [1.82, 2.24) is 4.98 Å². The predicted octanol–water partition coefficient (Wildman–Crippen LogP) is 2.01. The second-order valence-corrected chi connectivity index (χ2v) is 5.99. The smallest absolute Gasteiger partial charge is 0.478 e. The van der Waals surface area contributed by atoms with Crippen LogP contribution in [0.3, 0.4) is 0 Å². The summed E-state index contributed by atoms with van der Waals surface area (Å²) >= 11 is 0. The third kappa shape index (κ3) is 3.09. The van der Waals surface area contributed by atoms with Crippen LogP contribution in [0.5, 0.6) is 0 Å². The molecule has 0 unspecified atom stereocenters. The van der Waals surface area contributed by atoms with Gasteiger partial charge in [0.05, 0.1) is 34.3 Å². The maximum absolute atomic E-state index is 11.0. The Labute approximate surface area is 124 Å². The molecule has 6 nitrogen and oxygen atoms in total. The molecule has 0 saturated carbocycles. The lowest BCUT2D eigenvalue weighted by Gasteiger charge is -2.32.